The Morgan fingerprint density at radius 1 is 1.26 bits per heavy atom. The van der Waals surface area contributed by atoms with E-state index in [4.69, 9.17) is 24.4 Å². The maximum absolute atomic E-state index is 13.2. The molecule has 13 nitrogen and oxygen atoms in total. The van der Waals surface area contributed by atoms with Gasteiger partial charge in [-0.25, -0.2) is 9.78 Å². The van der Waals surface area contributed by atoms with Gasteiger partial charge in [-0.1, -0.05) is 20.8 Å². The first-order valence-corrected chi connectivity index (χ1v) is 15.1. The lowest BCUT2D eigenvalue weighted by Crippen LogP contribution is -2.53. The maximum atomic E-state index is 13.2. The Balaban J connectivity index is 1.49. The minimum Gasteiger partial charge on any atom is -0.456 e. The summed E-state index contributed by atoms with van der Waals surface area (Å²) in [5.74, 6) is -0.447. The lowest BCUT2D eigenvalue weighted by molar-refractivity contribution is -0.169. The number of carbonyl (C=O) groups excluding carboxylic acids is 1. The second-order valence-electron chi connectivity index (χ2n) is 12.8. The van der Waals surface area contributed by atoms with E-state index in [1.807, 2.05) is 13.8 Å². The van der Waals surface area contributed by atoms with Crippen LogP contribution in [0.2, 0.25) is 5.04 Å². The van der Waals surface area contributed by atoms with Crippen LogP contribution >= 0.6 is 0 Å². The summed E-state index contributed by atoms with van der Waals surface area (Å²) in [6, 6.07) is 1.57. The number of esters is 1. The maximum Gasteiger partial charge on any atom is 0.307 e. The first-order valence-electron chi connectivity index (χ1n) is 14.1. The molecule has 2 aromatic heterocycles. The fourth-order valence-corrected chi connectivity index (χ4v) is 6.08. The predicted molar refractivity (Wildman–Crippen MR) is 157 cm³/mol. The molecule has 0 spiro atoms. The number of nitrogens with two attached hydrogens (primary N) is 1. The molecule has 0 bridgehead atoms. The van der Waals surface area contributed by atoms with Crippen molar-refractivity contribution in [2.24, 2.45) is 0 Å². The van der Waals surface area contributed by atoms with Gasteiger partial charge in [0.1, 0.15) is 17.2 Å². The van der Waals surface area contributed by atoms with E-state index in [2.05, 4.69) is 41.0 Å². The van der Waals surface area contributed by atoms with Gasteiger partial charge in [0.15, 0.2) is 12.3 Å². The molecule has 2 aliphatic rings. The summed E-state index contributed by atoms with van der Waals surface area (Å²) in [5, 5.41) is 24.5. The highest BCUT2D eigenvalue weighted by Crippen LogP contribution is 2.45. The van der Waals surface area contributed by atoms with Crippen LogP contribution in [0.15, 0.2) is 23.3 Å². The van der Waals surface area contributed by atoms with Gasteiger partial charge in [-0.2, -0.15) is 10.2 Å². The van der Waals surface area contributed by atoms with E-state index in [1.165, 1.54) is 10.9 Å². The van der Waals surface area contributed by atoms with Gasteiger partial charge < -0.3 is 29.5 Å². The molecule has 4 heterocycles. The molecule has 2 saturated heterocycles. The van der Waals surface area contributed by atoms with E-state index in [0.717, 1.165) is 13.1 Å². The summed E-state index contributed by atoms with van der Waals surface area (Å²) in [7, 11) is 0.123. The van der Waals surface area contributed by atoms with E-state index >= 15 is 0 Å². The molecule has 4 unspecified atom stereocenters. The van der Waals surface area contributed by atoms with Crippen molar-refractivity contribution in [3.63, 3.8) is 0 Å². The van der Waals surface area contributed by atoms with Gasteiger partial charge in [-0.3, -0.25) is 14.5 Å². The molecule has 0 aliphatic carbocycles. The molecule has 42 heavy (non-hydrogen) atoms. The van der Waals surface area contributed by atoms with Crippen molar-refractivity contribution < 1.29 is 28.5 Å². The molecule has 0 saturated carbocycles. The third-order valence-corrected chi connectivity index (χ3v) is 8.89. The fraction of sp³-hybridized carbons (Fsp3) is 0.643. The molecule has 4 N–H and O–H groups in total. The number of nitrogen functional groups attached to an aromatic ring is 1. The highest BCUT2D eigenvalue weighted by atomic mass is 28.2. The number of aromatic amines is 1. The molecule has 0 amide bonds. The van der Waals surface area contributed by atoms with Crippen molar-refractivity contribution in [2.45, 2.75) is 82.6 Å². The summed E-state index contributed by atoms with van der Waals surface area (Å²) >= 11 is 0. The van der Waals surface area contributed by atoms with Crippen LogP contribution < -0.4 is 11.3 Å². The average Bonchev–Trinajstić information content (AvgIpc) is 3.33. The van der Waals surface area contributed by atoms with Crippen LogP contribution in [0.25, 0.3) is 21.7 Å². The summed E-state index contributed by atoms with van der Waals surface area (Å²) < 4.78 is 25.8. The van der Waals surface area contributed by atoms with Gasteiger partial charge in [-0.05, 0) is 31.9 Å². The van der Waals surface area contributed by atoms with E-state index in [0.29, 0.717) is 47.1 Å². The van der Waals surface area contributed by atoms with Crippen LogP contribution in [0.5, 0.6) is 0 Å². The highest BCUT2D eigenvalue weighted by molar-refractivity contribution is 6.31. The molecule has 2 aliphatic heterocycles. The third kappa shape index (κ3) is 6.10. The number of aliphatic hydroxyl groups is 1. The zero-order chi connectivity index (χ0) is 30.4. The number of carbonyl (C=O) groups is 1. The van der Waals surface area contributed by atoms with Gasteiger partial charge in [0.25, 0.3) is 5.56 Å². The SMILES string of the molecule is CC(C)(C)[Si]OC(C)(C)C1OC(n2cc3c(N)cc4c(=O)[nH]ncc(n2)c34)C(C)(O)C1OC(=O)CCN1CCOCC1. The van der Waals surface area contributed by atoms with Crippen LogP contribution in [0.3, 0.4) is 0 Å². The van der Waals surface area contributed by atoms with Crippen molar-refractivity contribution in [2.75, 3.05) is 38.6 Å². The van der Waals surface area contributed by atoms with E-state index in [-0.39, 0.29) is 21.2 Å². The summed E-state index contributed by atoms with van der Waals surface area (Å²) in [6.07, 6.45) is 0.212. The lowest BCUT2D eigenvalue weighted by Gasteiger charge is -2.37. The number of nitrogens with zero attached hydrogens (tertiary/aromatic N) is 4. The number of rotatable bonds is 8. The lowest BCUT2D eigenvalue weighted by atomic mass is 9.88. The quantitative estimate of drug-likeness (QED) is 0.255. The predicted octanol–water partition coefficient (Wildman–Crippen LogP) is 1.77. The monoisotopic (exact) mass is 600 g/mol. The van der Waals surface area contributed by atoms with E-state index in [1.54, 1.807) is 19.2 Å². The van der Waals surface area contributed by atoms with Crippen LogP contribution in [0, 0.1) is 0 Å². The Kier molecular flexibility index (Phi) is 8.24. The second-order valence-corrected chi connectivity index (χ2v) is 14.7. The second kappa shape index (κ2) is 11.3. The molecule has 2 radical (unpaired) electrons. The zero-order valence-electron chi connectivity index (χ0n) is 25.0. The minimum absolute atomic E-state index is 0.109. The van der Waals surface area contributed by atoms with Gasteiger partial charge in [0.2, 0.25) is 9.76 Å². The van der Waals surface area contributed by atoms with Gasteiger partial charge in [-0.15, -0.1) is 0 Å². The van der Waals surface area contributed by atoms with Crippen LogP contribution in [-0.2, 0) is 23.4 Å². The fourth-order valence-electron chi connectivity index (χ4n) is 5.40. The van der Waals surface area contributed by atoms with Crippen LogP contribution in [0.1, 0.15) is 54.2 Å². The molecule has 1 aromatic carbocycles. The molecule has 14 heteroatoms. The van der Waals surface area contributed by atoms with Crippen molar-refractivity contribution in [1.29, 1.82) is 0 Å². The number of hydrogen-bond acceptors (Lipinski definition) is 11. The number of ether oxygens (including phenoxy) is 3. The molecular formula is C28H40N6O7Si. The van der Waals surface area contributed by atoms with E-state index in [9.17, 15) is 14.7 Å². The topological polar surface area (TPSA) is 167 Å². The molecule has 4 atom stereocenters. The number of aromatic nitrogens is 4. The van der Waals surface area contributed by atoms with Gasteiger partial charge in [0.05, 0.1) is 36.8 Å². The smallest absolute Gasteiger partial charge is 0.307 e. The third-order valence-electron chi connectivity index (χ3n) is 7.65. The zero-order valence-corrected chi connectivity index (χ0v) is 26.0. The molecular weight excluding hydrogens is 560 g/mol. The number of H-pyrrole nitrogens is 1. The minimum atomic E-state index is -1.72. The van der Waals surface area contributed by atoms with Crippen molar-refractivity contribution in [3.05, 3.63) is 28.8 Å². The van der Waals surface area contributed by atoms with Crippen molar-refractivity contribution >= 4 is 43.1 Å². The highest BCUT2D eigenvalue weighted by Gasteiger charge is 2.60. The standard InChI is InChI=1S/C28H40N6O7Si/c1-26(2,3)42-41-27(4,5)22-23(39-20(35)7-8-33-9-11-38-12-10-33)28(6,37)25(40-22)34-15-17-18(29)13-16-21(17)19(32-34)14-30-31-24(16)36/h13-15,22-23,25,37H,7-12,29H2,1-6H3,(H,31,36). The first kappa shape index (κ1) is 30.6. The van der Waals surface area contributed by atoms with Crippen LogP contribution in [-0.4, -0.2) is 102 Å². The van der Waals surface area contributed by atoms with Crippen molar-refractivity contribution in [3.8, 4) is 0 Å². The number of hydrogen-bond donors (Lipinski definition) is 3. The number of anilines is 1. The Bertz CT molecular complexity index is 1510. The summed E-state index contributed by atoms with van der Waals surface area (Å²) in [5.41, 5.74) is 3.99. The Labute approximate surface area is 246 Å². The van der Waals surface area contributed by atoms with Gasteiger partial charge in [0, 0.05) is 42.3 Å². The molecule has 2 fully saturated rings. The Morgan fingerprint density at radius 2 is 1.98 bits per heavy atom. The van der Waals surface area contributed by atoms with Crippen molar-refractivity contribution in [1.82, 2.24) is 24.9 Å². The Hall–Kier alpha value is -2.88. The first-order chi connectivity index (χ1) is 19.7. The largest absolute Gasteiger partial charge is 0.456 e. The summed E-state index contributed by atoms with van der Waals surface area (Å²) in [4.78, 5) is 27.8. The van der Waals surface area contributed by atoms with Gasteiger partial charge >= 0.3 is 5.97 Å². The number of morpholine rings is 1. The van der Waals surface area contributed by atoms with Crippen LogP contribution in [0.4, 0.5) is 5.69 Å². The average molecular weight is 601 g/mol. The Morgan fingerprint density at radius 3 is 2.67 bits per heavy atom. The molecule has 5 rings (SSSR count). The molecule has 3 aromatic rings. The summed E-state index contributed by atoms with van der Waals surface area (Å²) in [6.45, 7) is 14.8. The number of nitrogens with one attached hydrogen (secondary N) is 1. The van der Waals surface area contributed by atoms with E-state index < -0.39 is 41.2 Å². The molecule has 228 valence electrons. The normalized spacial score (nSPS) is 25.8.